The van der Waals surface area contributed by atoms with E-state index in [1.165, 1.54) is 0 Å². The molecule has 0 spiro atoms. The van der Waals surface area contributed by atoms with E-state index in [0.717, 1.165) is 0 Å². The molecule has 0 atom stereocenters. The number of aliphatic hydroxyl groups is 1. The minimum absolute atomic E-state index is 0.0409. The van der Waals surface area contributed by atoms with Crippen LogP contribution in [0.1, 0.15) is 54.4 Å². The Morgan fingerprint density at radius 1 is 1.04 bits per heavy atom. The van der Waals surface area contributed by atoms with E-state index in [1.54, 1.807) is 0 Å². The lowest BCUT2D eigenvalue weighted by Crippen LogP contribution is -2.41. The summed E-state index contributed by atoms with van der Waals surface area (Å²) in [6.07, 6.45) is 0.780. The van der Waals surface area contributed by atoms with Crippen molar-refractivity contribution in [3.63, 3.8) is 0 Å². The molecule has 0 aromatic heterocycles. The predicted molar refractivity (Wildman–Crippen MR) is 105 cm³/mol. The van der Waals surface area contributed by atoms with Gasteiger partial charge in [-0.3, -0.25) is 4.79 Å². The molecule has 152 valence electrons. The molecule has 25 heavy (non-hydrogen) atoms. The molecule has 7 heteroatoms. The summed E-state index contributed by atoms with van der Waals surface area (Å²) in [5.41, 5.74) is 4.90. The molecule has 0 saturated carbocycles. The Morgan fingerprint density at radius 2 is 1.60 bits per heavy atom. The maximum absolute atomic E-state index is 10.9. The van der Waals surface area contributed by atoms with E-state index < -0.39 is 13.9 Å². The number of hydrogen-bond acceptors (Lipinski definition) is 6. The van der Waals surface area contributed by atoms with Gasteiger partial charge >= 0.3 is 5.97 Å². The highest BCUT2D eigenvalue weighted by Crippen LogP contribution is 2.36. The van der Waals surface area contributed by atoms with Crippen LogP contribution in [-0.4, -0.2) is 58.0 Å². The van der Waals surface area contributed by atoms with Crippen LogP contribution < -0.4 is 5.73 Å². The largest absolute Gasteiger partial charge is 0.460 e. The third kappa shape index (κ3) is 16.7. The first-order valence-electron chi connectivity index (χ1n) is 9.01. The van der Waals surface area contributed by atoms with Gasteiger partial charge in [-0.25, -0.2) is 0 Å². The van der Waals surface area contributed by atoms with E-state index in [2.05, 4.69) is 33.9 Å². The Hall–Kier alpha value is -0.473. The number of nitrogens with two attached hydrogens (primary N) is 1. The summed E-state index contributed by atoms with van der Waals surface area (Å²) >= 11 is 0. The Kier molecular flexibility index (Phi) is 13.7. The fourth-order valence-electron chi connectivity index (χ4n) is 1.37. The number of hydrogen-bond donors (Lipinski definition) is 2. The van der Waals surface area contributed by atoms with Gasteiger partial charge in [0.15, 0.2) is 8.32 Å². The maximum Gasteiger partial charge on any atom is 0.306 e. The molecule has 0 radical (unpaired) electrons. The first-order valence-corrected chi connectivity index (χ1v) is 11.9. The van der Waals surface area contributed by atoms with Crippen molar-refractivity contribution in [2.24, 2.45) is 5.73 Å². The molecule has 0 aliphatic carbocycles. The lowest BCUT2D eigenvalue weighted by atomic mass is 10.2. The van der Waals surface area contributed by atoms with E-state index in [9.17, 15) is 4.79 Å². The third-order valence-electron chi connectivity index (χ3n) is 3.72. The Balaban J connectivity index is 0. The van der Waals surface area contributed by atoms with Crippen molar-refractivity contribution in [2.75, 3.05) is 33.0 Å². The van der Waals surface area contributed by atoms with Crippen LogP contribution in [-0.2, 0) is 18.7 Å². The van der Waals surface area contributed by atoms with Gasteiger partial charge in [0, 0.05) is 19.6 Å². The lowest BCUT2D eigenvalue weighted by Gasteiger charge is -2.36. The second-order valence-electron chi connectivity index (χ2n) is 8.42. The molecule has 0 rings (SSSR count). The van der Waals surface area contributed by atoms with Gasteiger partial charge in [0.25, 0.3) is 0 Å². The number of aliphatic hydroxyl groups excluding tert-OH is 1. The van der Waals surface area contributed by atoms with Crippen LogP contribution in [0.4, 0.5) is 0 Å². The highest BCUT2D eigenvalue weighted by atomic mass is 28.4. The standard InChI is InChI=1S/C10H25NO2Si.C8H16O3/c1-10(2,3)14(4,5)13-9-8-12-7-6-11;1-8(2,3)11-7(10)5-4-6-9/h6-9,11H2,1-5H3;9H,4-6H2,1-3H3. The number of rotatable bonds is 9. The second kappa shape index (κ2) is 12.8. The molecule has 0 unspecified atom stereocenters. The maximum atomic E-state index is 10.9. The molecule has 0 fully saturated rings. The Bertz CT molecular complexity index is 348. The van der Waals surface area contributed by atoms with Crippen LogP contribution in [0.5, 0.6) is 0 Å². The van der Waals surface area contributed by atoms with Gasteiger partial charge in [0.2, 0.25) is 0 Å². The van der Waals surface area contributed by atoms with Gasteiger partial charge in [-0.1, -0.05) is 20.8 Å². The minimum Gasteiger partial charge on any atom is -0.460 e. The highest BCUT2D eigenvalue weighted by molar-refractivity contribution is 6.74. The summed E-state index contributed by atoms with van der Waals surface area (Å²) in [7, 11) is -1.58. The van der Waals surface area contributed by atoms with E-state index in [-0.39, 0.29) is 17.6 Å². The normalized spacial score (nSPS) is 12.4. The van der Waals surface area contributed by atoms with Gasteiger partial charge in [0.05, 0.1) is 19.8 Å². The van der Waals surface area contributed by atoms with Crippen LogP contribution in [0.15, 0.2) is 0 Å². The van der Waals surface area contributed by atoms with Gasteiger partial charge in [-0.2, -0.15) is 0 Å². The van der Waals surface area contributed by atoms with E-state index >= 15 is 0 Å². The monoisotopic (exact) mass is 379 g/mol. The van der Waals surface area contributed by atoms with Crippen molar-refractivity contribution in [1.29, 1.82) is 0 Å². The van der Waals surface area contributed by atoms with Crippen molar-refractivity contribution >= 4 is 14.3 Å². The van der Waals surface area contributed by atoms with Crippen LogP contribution in [0, 0.1) is 0 Å². The number of carbonyl (C=O) groups is 1. The zero-order valence-corrected chi connectivity index (χ0v) is 18.6. The second-order valence-corrected chi connectivity index (χ2v) is 13.2. The van der Waals surface area contributed by atoms with E-state index in [4.69, 9.17) is 24.7 Å². The molecular formula is C18H41NO5Si. The fourth-order valence-corrected chi connectivity index (χ4v) is 2.40. The van der Waals surface area contributed by atoms with E-state index in [1.807, 2.05) is 20.8 Å². The topological polar surface area (TPSA) is 91.0 Å². The predicted octanol–water partition coefficient (Wildman–Crippen LogP) is 3.08. The number of esters is 1. The van der Waals surface area contributed by atoms with E-state index in [0.29, 0.717) is 39.2 Å². The quantitative estimate of drug-likeness (QED) is 0.363. The molecule has 0 aromatic carbocycles. The van der Waals surface area contributed by atoms with Crippen LogP contribution in [0.25, 0.3) is 0 Å². The average Bonchev–Trinajstić information content (AvgIpc) is 2.42. The SMILES string of the molecule is CC(C)(C)OC(=O)CCCO.CC(C)(C)[Si](C)(C)OCCOCCN. The first kappa shape index (κ1) is 26.8. The fraction of sp³-hybridized carbons (Fsp3) is 0.944. The lowest BCUT2D eigenvalue weighted by molar-refractivity contribution is -0.155. The summed E-state index contributed by atoms with van der Waals surface area (Å²) in [6, 6.07) is 0. The summed E-state index contributed by atoms with van der Waals surface area (Å²) in [6.45, 7) is 19.3. The summed E-state index contributed by atoms with van der Waals surface area (Å²) < 4.78 is 16.2. The summed E-state index contributed by atoms with van der Waals surface area (Å²) in [5, 5.41) is 8.68. The molecule has 0 heterocycles. The van der Waals surface area contributed by atoms with Crippen molar-refractivity contribution in [2.45, 2.75) is 78.1 Å². The molecule has 0 aromatic rings. The van der Waals surface area contributed by atoms with Crippen LogP contribution in [0.2, 0.25) is 18.1 Å². The smallest absolute Gasteiger partial charge is 0.306 e. The highest BCUT2D eigenvalue weighted by Gasteiger charge is 2.36. The molecule has 6 nitrogen and oxygen atoms in total. The van der Waals surface area contributed by atoms with Crippen LogP contribution in [0.3, 0.4) is 0 Å². The molecule has 0 saturated heterocycles. The van der Waals surface area contributed by atoms with Crippen molar-refractivity contribution < 1.29 is 23.8 Å². The van der Waals surface area contributed by atoms with Crippen molar-refractivity contribution in [3.8, 4) is 0 Å². The Labute approximate surface area is 155 Å². The molecular weight excluding hydrogens is 338 g/mol. The molecule has 0 amide bonds. The number of ether oxygens (including phenoxy) is 2. The molecule has 0 bridgehead atoms. The van der Waals surface area contributed by atoms with Crippen LogP contribution >= 0.6 is 0 Å². The molecule has 0 aliphatic rings. The molecule has 0 aliphatic heterocycles. The molecule has 3 N–H and O–H groups in total. The van der Waals surface area contributed by atoms with Gasteiger partial charge in [0.1, 0.15) is 5.60 Å². The van der Waals surface area contributed by atoms with Crippen molar-refractivity contribution in [1.82, 2.24) is 0 Å². The van der Waals surface area contributed by atoms with Gasteiger partial charge < -0.3 is 24.7 Å². The average molecular weight is 380 g/mol. The first-order chi connectivity index (χ1) is 11.3. The van der Waals surface area contributed by atoms with Crippen molar-refractivity contribution in [3.05, 3.63) is 0 Å². The zero-order valence-electron chi connectivity index (χ0n) is 17.6. The van der Waals surface area contributed by atoms with Gasteiger partial charge in [-0.05, 0) is 45.3 Å². The zero-order chi connectivity index (χ0) is 20.1. The summed E-state index contributed by atoms with van der Waals surface area (Å²) in [5.74, 6) is -0.244. The number of carbonyl (C=O) groups excluding carboxylic acids is 1. The Morgan fingerprint density at radius 3 is 2.00 bits per heavy atom. The van der Waals surface area contributed by atoms with Gasteiger partial charge in [-0.15, -0.1) is 0 Å². The summed E-state index contributed by atoms with van der Waals surface area (Å²) in [4.78, 5) is 10.9. The minimum atomic E-state index is -1.58. The third-order valence-corrected chi connectivity index (χ3v) is 8.26.